The fourth-order valence-electron chi connectivity index (χ4n) is 7.95. The molecule has 3 aliphatic heterocycles. The molecule has 3 fully saturated rings. The first-order chi connectivity index (χ1) is 27.0. The van der Waals surface area contributed by atoms with Crippen molar-refractivity contribution >= 4 is 28.4 Å². The van der Waals surface area contributed by atoms with Crippen LogP contribution in [0.4, 0.5) is 23.7 Å². The van der Waals surface area contributed by atoms with Crippen LogP contribution in [0.15, 0.2) is 72.1 Å². The number of methoxy groups -OCH3 is 1. The first-order valence-electron chi connectivity index (χ1n) is 19.3. The normalized spacial score (nSPS) is 19.7. The summed E-state index contributed by atoms with van der Waals surface area (Å²) in [7, 11) is 1.52. The Labute approximate surface area is 323 Å². The number of piperidine rings is 2. The number of carbonyl (C=O) groups excluding carboxylic acids is 2. The average Bonchev–Trinajstić information content (AvgIpc) is 3.19. The van der Waals surface area contributed by atoms with Gasteiger partial charge in [-0.2, -0.15) is 0 Å². The molecule has 3 amide bonds. The zero-order chi connectivity index (χ0) is 39.5. The summed E-state index contributed by atoms with van der Waals surface area (Å²) in [6, 6.07) is 8.75. The molecule has 5 heterocycles. The van der Waals surface area contributed by atoms with Crippen molar-refractivity contribution < 1.29 is 32.2 Å². The van der Waals surface area contributed by atoms with Gasteiger partial charge in [-0.3, -0.25) is 24.4 Å². The highest BCUT2D eigenvalue weighted by atomic mass is 19.1. The Morgan fingerprint density at radius 1 is 1.02 bits per heavy atom. The van der Waals surface area contributed by atoms with Gasteiger partial charge in [-0.05, 0) is 78.9 Å². The van der Waals surface area contributed by atoms with Gasteiger partial charge in [0.2, 0.25) is 0 Å². The van der Waals surface area contributed by atoms with Crippen molar-refractivity contribution in [2.45, 2.75) is 64.3 Å². The van der Waals surface area contributed by atoms with Gasteiger partial charge < -0.3 is 24.3 Å². The van der Waals surface area contributed by atoms with Crippen LogP contribution in [0.5, 0.6) is 11.5 Å². The van der Waals surface area contributed by atoms with Crippen LogP contribution in [-0.2, 0) is 6.54 Å². The average molecular weight is 773 g/mol. The Balaban J connectivity index is 0.945. The molecule has 0 saturated carbocycles. The first kappa shape index (κ1) is 38.9. The number of fused-ring (bicyclic) bond motifs is 1. The smallest absolute Gasteiger partial charge is 0.326 e. The van der Waals surface area contributed by atoms with Crippen LogP contribution < -0.4 is 25.2 Å². The minimum atomic E-state index is -1.47. The number of pyridine rings is 2. The number of ether oxygens (including phenoxy) is 2. The number of carbonyl (C=O) groups is 2. The molecule has 2 aromatic carbocycles. The van der Waals surface area contributed by atoms with Gasteiger partial charge in [0.05, 0.1) is 18.2 Å². The molecule has 296 valence electrons. The number of rotatable bonds is 11. The van der Waals surface area contributed by atoms with E-state index in [4.69, 9.17) is 9.47 Å². The molecule has 2 aromatic heterocycles. The monoisotopic (exact) mass is 772 g/mol. The second kappa shape index (κ2) is 16.8. The van der Waals surface area contributed by atoms with E-state index in [1.807, 2.05) is 11.8 Å². The van der Waals surface area contributed by atoms with Gasteiger partial charge in [-0.15, -0.1) is 0 Å². The summed E-state index contributed by atoms with van der Waals surface area (Å²) in [5, 5.41) is 3.62. The third-order valence-electron chi connectivity index (χ3n) is 11.1. The molecule has 0 spiro atoms. The van der Waals surface area contributed by atoms with Crippen molar-refractivity contribution in [2.75, 3.05) is 51.3 Å². The van der Waals surface area contributed by atoms with Crippen LogP contribution >= 0.6 is 0 Å². The molecule has 0 bridgehead atoms. The minimum absolute atomic E-state index is 0.0660. The number of aromatic nitrogens is 2. The number of aryl methyl sites for hydroxylation is 1. The molecular formula is C42H47F3N6O5. The number of amides is 3. The fraction of sp³-hybridized carbons (Fsp3) is 0.429. The Morgan fingerprint density at radius 3 is 2.48 bits per heavy atom. The molecule has 14 heteroatoms. The van der Waals surface area contributed by atoms with Gasteiger partial charge in [0.15, 0.2) is 17.4 Å². The molecule has 0 radical (unpaired) electrons. The second-order valence-electron chi connectivity index (χ2n) is 14.9. The number of halogens is 3. The van der Waals surface area contributed by atoms with Crippen LogP contribution in [0.25, 0.3) is 21.9 Å². The number of unbranched alkanes of at least 4 members (excludes halogenated alkanes) is 1. The Bertz CT molecular complexity index is 2170. The highest BCUT2D eigenvalue weighted by Gasteiger charge is 2.35. The van der Waals surface area contributed by atoms with Crippen LogP contribution in [-0.4, -0.2) is 89.9 Å². The maximum Gasteiger partial charge on any atom is 0.326 e. The summed E-state index contributed by atoms with van der Waals surface area (Å²) in [4.78, 5) is 48.7. The maximum absolute atomic E-state index is 15.6. The van der Waals surface area contributed by atoms with E-state index < -0.39 is 29.7 Å². The molecule has 1 N–H and O–H groups in total. The minimum Gasteiger partial charge on any atom is -0.495 e. The highest BCUT2D eigenvalue weighted by Crippen LogP contribution is 2.35. The number of benzene rings is 2. The van der Waals surface area contributed by atoms with Crippen LogP contribution in [0.2, 0.25) is 0 Å². The molecule has 0 aliphatic carbocycles. The van der Waals surface area contributed by atoms with E-state index in [0.717, 1.165) is 25.7 Å². The lowest BCUT2D eigenvalue weighted by molar-refractivity contribution is 0.00887. The van der Waals surface area contributed by atoms with E-state index in [2.05, 4.69) is 16.9 Å². The molecule has 56 heavy (non-hydrogen) atoms. The van der Waals surface area contributed by atoms with Crippen molar-refractivity contribution in [3.8, 4) is 22.6 Å². The number of hydrogen-bond acceptors (Lipinski definition) is 7. The third-order valence-corrected chi connectivity index (χ3v) is 11.1. The van der Waals surface area contributed by atoms with Crippen LogP contribution in [0.3, 0.4) is 0 Å². The van der Waals surface area contributed by atoms with Gasteiger partial charge in [-0.1, -0.05) is 19.9 Å². The number of nitrogens with one attached hydrogen (secondary N) is 1. The quantitative estimate of drug-likeness (QED) is 0.176. The lowest BCUT2D eigenvalue weighted by Gasteiger charge is -2.39. The van der Waals surface area contributed by atoms with Crippen molar-refractivity contribution in [3.05, 3.63) is 94.8 Å². The summed E-state index contributed by atoms with van der Waals surface area (Å²) in [6.45, 7) is 8.99. The summed E-state index contributed by atoms with van der Waals surface area (Å²) in [5.74, 6) is -1.91. The number of hydrogen-bond donors (Lipinski definition) is 1. The molecular weight excluding hydrogens is 725 g/mol. The van der Waals surface area contributed by atoms with Gasteiger partial charge in [-0.25, -0.2) is 18.0 Å². The lowest BCUT2D eigenvalue weighted by Crippen LogP contribution is -2.49. The molecule has 3 saturated heterocycles. The topological polar surface area (TPSA) is 109 Å². The molecule has 11 nitrogen and oxygen atoms in total. The number of urea groups is 1. The lowest BCUT2D eigenvalue weighted by atomic mass is 9.94. The fourth-order valence-corrected chi connectivity index (χ4v) is 7.95. The van der Waals surface area contributed by atoms with E-state index in [1.54, 1.807) is 44.8 Å². The van der Waals surface area contributed by atoms with Gasteiger partial charge in [0, 0.05) is 87.6 Å². The van der Waals surface area contributed by atoms with Crippen molar-refractivity contribution in [1.29, 1.82) is 0 Å². The first-order valence-corrected chi connectivity index (χ1v) is 19.3. The van der Waals surface area contributed by atoms with E-state index in [9.17, 15) is 14.4 Å². The van der Waals surface area contributed by atoms with Crippen molar-refractivity contribution in [3.63, 3.8) is 0 Å². The predicted octanol–water partition coefficient (Wildman–Crippen LogP) is 6.93. The van der Waals surface area contributed by atoms with E-state index in [0.29, 0.717) is 84.7 Å². The van der Waals surface area contributed by atoms with Crippen molar-refractivity contribution in [1.82, 2.24) is 24.7 Å². The maximum atomic E-state index is 15.6. The number of nitrogens with zero attached hydrogens (tertiary/aromatic N) is 5. The Kier molecular flexibility index (Phi) is 11.7. The molecule has 2 atom stereocenters. The zero-order valence-corrected chi connectivity index (χ0v) is 31.7. The van der Waals surface area contributed by atoms with Gasteiger partial charge >= 0.3 is 6.03 Å². The van der Waals surface area contributed by atoms with Crippen molar-refractivity contribution in [2.24, 2.45) is 5.92 Å². The highest BCUT2D eigenvalue weighted by molar-refractivity contribution is 6.00. The standard InChI is InChI=1S/C42H47F3N6O5/c1-4-5-14-50-24-32(30-8-13-46-22-31(30)41(50)53)29-19-33(43)39(34(44)20-29)56-37-12-15-48(25-35(37)45)23-27-10-16-49(17-11-27)40(52)28-6-7-38(55-3)36(21-28)51-18-9-26(2)47-42(51)54/h6-8,13,19-22,24,27,35,37H,2,4-5,9-12,14-18,23,25H2,1,3H3,(H,47,54)/t35-,37-/m1/s1. The summed E-state index contributed by atoms with van der Waals surface area (Å²) in [6.07, 6.45) is 6.06. The summed E-state index contributed by atoms with van der Waals surface area (Å²) >= 11 is 0. The summed E-state index contributed by atoms with van der Waals surface area (Å²) < 4.78 is 59.5. The molecule has 3 aliphatic rings. The van der Waals surface area contributed by atoms with Gasteiger partial charge in [0.1, 0.15) is 18.0 Å². The van der Waals surface area contributed by atoms with E-state index >= 15 is 13.2 Å². The summed E-state index contributed by atoms with van der Waals surface area (Å²) in [5.41, 5.74) is 2.12. The zero-order valence-electron chi connectivity index (χ0n) is 31.7. The Morgan fingerprint density at radius 2 is 1.79 bits per heavy atom. The SMILES string of the molecule is C=C1CCN(c2cc(C(=O)N3CCC(CN4CC[C@@H](Oc5c(F)cc(-c6cn(CCCC)c(=O)c7cnccc67)cc5F)[C@H](F)C4)CC3)ccc2OC)C(=O)N1. The number of anilines is 1. The molecule has 4 aromatic rings. The van der Waals surface area contributed by atoms with Crippen LogP contribution in [0, 0.1) is 17.6 Å². The number of likely N-dealkylation sites (tertiary alicyclic amines) is 2. The molecule has 0 unspecified atom stereocenters. The predicted molar refractivity (Wildman–Crippen MR) is 208 cm³/mol. The van der Waals surface area contributed by atoms with Crippen LogP contribution in [0.1, 0.15) is 55.8 Å². The van der Waals surface area contributed by atoms with Gasteiger partial charge in [0.25, 0.3) is 11.5 Å². The van der Waals surface area contributed by atoms with E-state index in [1.165, 1.54) is 31.6 Å². The second-order valence-corrected chi connectivity index (χ2v) is 14.9. The van der Waals surface area contributed by atoms with E-state index in [-0.39, 0.29) is 41.9 Å². The number of alkyl halides is 1. The third kappa shape index (κ3) is 8.11. The molecule has 7 rings (SSSR count). The largest absolute Gasteiger partial charge is 0.495 e. The Hall–Kier alpha value is -5.37.